The van der Waals surface area contributed by atoms with Crippen molar-refractivity contribution in [2.75, 3.05) is 0 Å². The van der Waals surface area contributed by atoms with Gasteiger partial charge in [0.05, 0.1) is 0 Å². The van der Waals surface area contributed by atoms with Gasteiger partial charge in [-0.1, -0.05) is 60.3 Å². The van der Waals surface area contributed by atoms with E-state index in [9.17, 15) is 0 Å². The second-order valence-electron chi connectivity index (χ2n) is 6.79. The quantitative estimate of drug-likeness (QED) is 0.672. The first kappa shape index (κ1) is 16.5. The lowest BCUT2D eigenvalue weighted by atomic mass is 9.95. The Bertz CT molecular complexity index is 377. The molecule has 0 radical (unpaired) electrons. The van der Waals surface area contributed by atoms with Gasteiger partial charge in [0, 0.05) is 12.0 Å². The number of aromatic nitrogens is 3. The number of hydrogen-bond donors (Lipinski definition) is 0. The summed E-state index contributed by atoms with van der Waals surface area (Å²) in [5.74, 6) is 1.81. The van der Waals surface area contributed by atoms with Crippen LogP contribution in [0.25, 0.3) is 0 Å². The van der Waals surface area contributed by atoms with Crippen LogP contribution in [-0.2, 0) is 12.0 Å². The van der Waals surface area contributed by atoms with E-state index in [2.05, 4.69) is 49.4 Å². The normalized spacial score (nSPS) is 12.4. The molecule has 0 fully saturated rings. The molecule has 0 atom stereocenters. The van der Waals surface area contributed by atoms with Crippen molar-refractivity contribution in [2.45, 2.75) is 78.7 Å². The molecule has 1 rings (SSSR count). The Morgan fingerprint density at radius 3 is 2.26 bits per heavy atom. The predicted octanol–water partition coefficient (Wildman–Crippen LogP) is 4.84. The number of hydrogen-bond acceptors (Lipinski definition) is 2. The zero-order valence-corrected chi connectivity index (χ0v) is 13.8. The lowest BCUT2D eigenvalue weighted by Gasteiger charge is -2.18. The fourth-order valence-corrected chi connectivity index (χ4v) is 2.42. The van der Waals surface area contributed by atoms with E-state index in [-0.39, 0.29) is 5.41 Å². The van der Waals surface area contributed by atoms with Crippen LogP contribution in [0.4, 0.5) is 0 Å². The Balaban J connectivity index is 2.39. The van der Waals surface area contributed by atoms with Crippen molar-refractivity contribution < 1.29 is 0 Å². The van der Waals surface area contributed by atoms with E-state index >= 15 is 0 Å². The average Bonchev–Trinajstić information content (AvgIpc) is 2.64. The lowest BCUT2D eigenvalue weighted by molar-refractivity contribution is 0.470. The van der Waals surface area contributed by atoms with Gasteiger partial charge in [-0.15, -0.1) is 10.2 Å². The van der Waals surface area contributed by atoms with Gasteiger partial charge >= 0.3 is 0 Å². The molecule has 110 valence electrons. The van der Waals surface area contributed by atoms with Crippen molar-refractivity contribution in [1.82, 2.24) is 14.8 Å². The summed E-state index contributed by atoms with van der Waals surface area (Å²) in [7, 11) is 0. The molecule has 0 saturated heterocycles. The molecular formula is C15H28ClN3. The third kappa shape index (κ3) is 5.52. The van der Waals surface area contributed by atoms with Crippen molar-refractivity contribution in [3.8, 4) is 0 Å². The van der Waals surface area contributed by atoms with Gasteiger partial charge in [0.25, 0.3) is 0 Å². The van der Waals surface area contributed by atoms with Crippen LogP contribution in [0.2, 0.25) is 5.28 Å². The van der Waals surface area contributed by atoms with E-state index in [4.69, 9.17) is 11.6 Å². The van der Waals surface area contributed by atoms with Crippen LogP contribution in [-0.4, -0.2) is 14.8 Å². The highest BCUT2D eigenvalue weighted by molar-refractivity contribution is 6.28. The Morgan fingerprint density at radius 2 is 1.68 bits per heavy atom. The number of unbranched alkanes of at least 4 members (excludes halogenated alkanes) is 3. The molecule has 0 amide bonds. The Hall–Kier alpha value is -0.570. The SMILES string of the molecule is CC(C)CCCCCCn1c(Cl)nnc1C(C)(C)C. The summed E-state index contributed by atoms with van der Waals surface area (Å²) in [6, 6.07) is 0. The third-order valence-corrected chi connectivity index (χ3v) is 3.57. The summed E-state index contributed by atoms with van der Waals surface area (Å²) in [5, 5.41) is 8.73. The van der Waals surface area contributed by atoms with Gasteiger partial charge in [0.2, 0.25) is 5.28 Å². The van der Waals surface area contributed by atoms with Crippen molar-refractivity contribution in [2.24, 2.45) is 5.92 Å². The largest absolute Gasteiger partial charge is 0.301 e. The molecule has 0 aliphatic rings. The topological polar surface area (TPSA) is 30.7 Å². The van der Waals surface area contributed by atoms with Crippen molar-refractivity contribution in [3.05, 3.63) is 11.1 Å². The standard InChI is InChI=1S/C15H28ClN3/c1-12(2)10-8-6-7-9-11-19-13(15(3,4)5)17-18-14(19)16/h12H,6-11H2,1-5H3. The van der Waals surface area contributed by atoms with Crippen LogP contribution in [0.1, 0.15) is 72.5 Å². The summed E-state index contributed by atoms with van der Waals surface area (Å²) in [4.78, 5) is 0. The summed E-state index contributed by atoms with van der Waals surface area (Å²) in [6.45, 7) is 11.9. The summed E-state index contributed by atoms with van der Waals surface area (Å²) in [5.41, 5.74) is -0.00220. The molecule has 0 aliphatic heterocycles. The predicted molar refractivity (Wildman–Crippen MR) is 81.7 cm³/mol. The second kappa shape index (κ2) is 7.28. The van der Waals surface area contributed by atoms with Gasteiger partial charge in [-0.05, 0) is 23.9 Å². The van der Waals surface area contributed by atoms with Gasteiger partial charge in [-0.25, -0.2) is 0 Å². The van der Waals surface area contributed by atoms with Crippen LogP contribution in [0.15, 0.2) is 0 Å². The maximum absolute atomic E-state index is 6.12. The van der Waals surface area contributed by atoms with Crippen LogP contribution >= 0.6 is 11.6 Å². The molecule has 0 bridgehead atoms. The molecule has 0 spiro atoms. The molecule has 3 nitrogen and oxygen atoms in total. The fraction of sp³-hybridized carbons (Fsp3) is 0.867. The Kier molecular flexibility index (Phi) is 6.31. The van der Waals surface area contributed by atoms with Crippen LogP contribution < -0.4 is 0 Å². The van der Waals surface area contributed by atoms with Gasteiger partial charge < -0.3 is 4.57 Å². The first-order valence-corrected chi connectivity index (χ1v) is 7.79. The zero-order chi connectivity index (χ0) is 14.5. The third-order valence-electron chi connectivity index (χ3n) is 3.29. The van der Waals surface area contributed by atoms with Crippen molar-refractivity contribution in [1.29, 1.82) is 0 Å². The van der Waals surface area contributed by atoms with Crippen LogP contribution in [0.3, 0.4) is 0 Å². The smallest absolute Gasteiger partial charge is 0.225 e. The number of halogens is 1. The van der Waals surface area contributed by atoms with E-state index in [0.29, 0.717) is 5.28 Å². The molecular weight excluding hydrogens is 258 g/mol. The molecule has 0 aromatic carbocycles. The van der Waals surface area contributed by atoms with E-state index in [1.54, 1.807) is 0 Å². The van der Waals surface area contributed by atoms with Crippen molar-refractivity contribution in [3.63, 3.8) is 0 Å². The van der Waals surface area contributed by atoms with Gasteiger partial charge in [-0.3, -0.25) is 0 Å². The van der Waals surface area contributed by atoms with E-state index in [1.165, 1.54) is 25.7 Å². The van der Waals surface area contributed by atoms with Crippen molar-refractivity contribution >= 4 is 11.6 Å². The highest BCUT2D eigenvalue weighted by Crippen LogP contribution is 2.23. The summed E-state index contributed by atoms with van der Waals surface area (Å²) in [6.07, 6.45) is 6.38. The molecule has 0 N–H and O–H groups in total. The van der Waals surface area contributed by atoms with Gasteiger partial charge in [-0.2, -0.15) is 0 Å². The molecule has 1 heterocycles. The Morgan fingerprint density at radius 1 is 1.05 bits per heavy atom. The highest BCUT2D eigenvalue weighted by Gasteiger charge is 2.22. The van der Waals surface area contributed by atoms with E-state index in [1.807, 2.05) is 0 Å². The van der Waals surface area contributed by atoms with E-state index in [0.717, 1.165) is 24.7 Å². The minimum absolute atomic E-state index is 0.00220. The first-order chi connectivity index (χ1) is 8.82. The molecule has 0 aliphatic carbocycles. The Labute approximate surface area is 122 Å². The molecule has 4 heteroatoms. The minimum atomic E-state index is -0.00220. The van der Waals surface area contributed by atoms with E-state index < -0.39 is 0 Å². The molecule has 1 aromatic rings. The van der Waals surface area contributed by atoms with Gasteiger partial charge in [0.1, 0.15) is 5.82 Å². The van der Waals surface area contributed by atoms with Crippen LogP contribution in [0, 0.1) is 5.92 Å². The molecule has 19 heavy (non-hydrogen) atoms. The fourth-order valence-electron chi connectivity index (χ4n) is 2.21. The van der Waals surface area contributed by atoms with Gasteiger partial charge in [0.15, 0.2) is 0 Å². The molecule has 0 unspecified atom stereocenters. The average molecular weight is 286 g/mol. The minimum Gasteiger partial charge on any atom is -0.301 e. The molecule has 1 aromatic heterocycles. The number of nitrogens with zero attached hydrogens (tertiary/aromatic N) is 3. The highest BCUT2D eigenvalue weighted by atomic mass is 35.5. The second-order valence-corrected chi connectivity index (χ2v) is 7.13. The summed E-state index contributed by atoms with van der Waals surface area (Å²) >= 11 is 6.12. The first-order valence-electron chi connectivity index (χ1n) is 7.41. The lowest BCUT2D eigenvalue weighted by Crippen LogP contribution is -2.19. The zero-order valence-electron chi connectivity index (χ0n) is 13.0. The maximum Gasteiger partial charge on any atom is 0.225 e. The van der Waals surface area contributed by atoms with Crippen LogP contribution in [0.5, 0.6) is 0 Å². The maximum atomic E-state index is 6.12. The summed E-state index contributed by atoms with van der Waals surface area (Å²) < 4.78 is 2.06. The number of rotatable bonds is 7. The molecule has 0 saturated carbocycles. The monoisotopic (exact) mass is 285 g/mol.